The first-order valence-electron chi connectivity index (χ1n) is 14.5. The summed E-state index contributed by atoms with van der Waals surface area (Å²) in [7, 11) is 0. The van der Waals surface area contributed by atoms with Crippen molar-refractivity contribution in [3.63, 3.8) is 0 Å². The summed E-state index contributed by atoms with van der Waals surface area (Å²) in [4.78, 5) is 37.1. The lowest BCUT2D eigenvalue weighted by Crippen LogP contribution is -2.61. The van der Waals surface area contributed by atoms with Gasteiger partial charge in [-0.05, 0) is 81.6 Å². The van der Waals surface area contributed by atoms with Crippen molar-refractivity contribution >= 4 is 17.8 Å². The maximum Gasteiger partial charge on any atom is 0.335 e. The molecule has 3 saturated carbocycles. The van der Waals surface area contributed by atoms with Gasteiger partial charge in [-0.3, -0.25) is 9.59 Å². The molecule has 0 aromatic heterocycles. The summed E-state index contributed by atoms with van der Waals surface area (Å²) in [5, 5.41) is 45.7. The number of hydrogen-bond acceptors (Lipinski definition) is 8. The Balaban J connectivity index is 1.22. The molecule has 0 radical (unpaired) electrons. The number of ether oxygens (including phenoxy) is 2. The first kappa shape index (κ1) is 29.4. The summed E-state index contributed by atoms with van der Waals surface area (Å²) in [5.74, 6) is -0.297. The molecule has 224 valence electrons. The van der Waals surface area contributed by atoms with Crippen LogP contribution in [-0.4, -0.2) is 87.1 Å². The zero-order chi connectivity index (χ0) is 29.2. The van der Waals surface area contributed by atoms with E-state index in [2.05, 4.69) is 30.6 Å². The molecular weight excluding hydrogens is 520 g/mol. The summed E-state index contributed by atoms with van der Waals surface area (Å²) < 4.78 is 10.8. The SMILES string of the molecule is CC(C)(COC1OC(C(=O)O)C(O)C(O)C1O)NC(=O)C1CCC2C3CCC4NC(=O)C=CC4(C)C3CCC12C. The van der Waals surface area contributed by atoms with Gasteiger partial charge in [0, 0.05) is 17.4 Å². The highest BCUT2D eigenvalue weighted by atomic mass is 16.7. The minimum absolute atomic E-state index is 0.00852. The molecule has 12 atom stereocenters. The van der Waals surface area contributed by atoms with Gasteiger partial charge in [0.05, 0.1) is 12.1 Å². The lowest BCUT2D eigenvalue weighted by Gasteiger charge is -2.58. The van der Waals surface area contributed by atoms with Crippen LogP contribution in [-0.2, 0) is 23.9 Å². The number of hydrogen-bond donors (Lipinski definition) is 6. The van der Waals surface area contributed by atoms with Crippen LogP contribution in [0, 0.1) is 34.5 Å². The summed E-state index contributed by atoms with van der Waals surface area (Å²) >= 11 is 0. The van der Waals surface area contributed by atoms with Gasteiger partial charge in [-0.25, -0.2) is 4.79 Å². The van der Waals surface area contributed by atoms with E-state index in [-0.39, 0.29) is 41.2 Å². The molecule has 0 aromatic rings. The Morgan fingerprint density at radius 2 is 1.80 bits per heavy atom. The second kappa shape index (κ2) is 10.3. The van der Waals surface area contributed by atoms with Gasteiger partial charge in [0.25, 0.3) is 0 Å². The van der Waals surface area contributed by atoms with E-state index in [0.717, 1.165) is 38.5 Å². The first-order chi connectivity index (χ1) is 18.7. The van der Waals surface area contributed by atoms with E-state index in [1.807, 2.05) is 0 Å². The lowest BCUT2D eigenvalue weighted by atomic mass is 9.48. The second-order valence-corrected chi connectivity index (χ2v) is 13.8. The Labute approximate surface area is 234 Å². The second-order valence-electron chi connectivity index (χ2n) is 13.8. The molecule has 11 heteroatoms. The van der Waals surface area contributed by atoms with Crippen molar-refractivity contribution < 1.29 is 44.3 Å². The molecule has 0 aromatic carbocycles. The number of fused-ring (bicyclic) bond motifs is 5. The van der Waals surface area contributed by atoms with Crippen LogP contribution in [0.2, 0.25) is 0 Å². The fraction of sp³-hybridized carbons (Fsp3) is 0.828. The Kier molecular flexibility index (Phi) is 7.61. The van der Waals surface area contributed by atoms with Crippen LogP contribution in [0.1, 0.15) is 66.2 Å². The normalized spacial score (nSPS) is 46.5. The third kappa shape index (κ3) is 4.87. The molecule has 2 heterocycles. The first-order valence-corrected chi connectivity index (χ1v) is 14.5. The average Bonchev–Trinajstić information content (AvgIpc) is 3.24. The van der Waals surface area contributed by atoms with E-state index in [0.29, 0.717) is 17.8 Å². The van der Waals surface area contributed by atoms with E-state index in [4.69, 9.17) is 9.47 Å². The van der Waals surface area contributed by atoms with E-state index in [9.17, 15) is 34.8 Å². The molecule has 12 unspecified atom stereocenters. The van der Waals surface area contributed by atoms with Gasteiger partial charge in [-0.15, -0.1) is 0 Å². The smallest absolute Gasteiger partial charge is 0.335 e. The van der Waals surface area contributed by atoms with Gasteiger partial charge in [0.15, 0.2) is 12.4 Å². The van der Waals surface area contributed by atoms with E-state index >= 15 is 0 Å². The van der Waals surface area contributed by atoms with Crippen LogP contribution in [0.15, 0.2) is 12.2 Å². The molecule has 2 aliphatic heterocycles. The Morgan fingerprint density at radius 1 is 1.07 bits per heavy atom. The Bertz CT molecular complexity index is 1060. The highest BCUT2D eigenvalue weighted by molar-refractivity contribution is 5.89. The number of aliphatic carboxylic acids is 1. The molecule has 4 fully saturated rings. The average molecular weight is 565 g/mol. The fourth-order valence-corrected chi connectivity index (χ4v) is 8.70. The zero-order valence-corrected chi connectivity index (χ0v) is 23.7. The topological polar surface area (TPSA) is 175 Å². The van der Waals surface area contributed by atoms with E-state index < -0.39 is 42.2 Å². The minimum Gasteiger partial charge on any atom is -0.479 e. The number of carbonyl (C=O) groups excluding carboxylic acids is 2. The zero-order valence-electron chi connectivity index (χ0n) is 23.7. The highest BCUT2D eigenvalue weighted by Crippen LogP contribution is 2.65. The van der Waals surface area contributed by atoms with Crippen LogP contribution >= 0.6 is 0 Å². The van der Waals surface area contributed by atoms with Gasteiger partial charge in [-0.1, -0.05) is 19.9 Å². The van der Waals surface area contributed by atoms with Crippen LogP contribution in [0.25, 0.3) is 0 Å². The third-order valence-electron chi connectivity index (χ3n) is 10.9. The number of rotatable bonds is 6. The van der Waals surface area contributed by atoms with Gasteiger partial charge >= 0.3 is 5.97 Å². The number of aliphatic hydroxyl groups is 3. The van der Waals surface area contributed by atoms with Gasteiger partial charge in [-0.2, -0.15) is 0 Å². The summed E-state index contributed by atoms with van der Waals surface area (Å²) in [6.07, 6.45) is 1.14. The maximum absolute atomic E-state index is 13.7. The molecule has 0 bridgehead atoms. The number of carbonyl (C=O) groups is 3. The minimum atomic E-state index is -1.79. The van der Waals surface area contributed by atoms with Crippen molar-refractivity contribution in [1.29, 1.82) is 0 Å². The van der Waals surface area contributed by atoms with Crippen LogP contribution < -0.4 is 10.6 Å². The molecule has 6 N–H and O–H groups in total. The quantitative estimate of drug-likeness (QED) is 0.271. The maximum atomic E-state index is 13.7. The summed E-state index contributed by atoms with van der Waals surface area (Å²) in [6, 6.07) is 0.165. The largest absolute Gasteiger partial charge is 0.479 e. The molecule has 11 nitrogen and oxygen atoms in total. The number of aliphatic hydroxyl groups excluding tert-OH is 3. The molecule has 2 amide bonds. The van der Waals surface area contributed by atoms with Gasteiger partial charge < -0.3 is 40.5 Å². The van der Waals surface area contributed by atoms with Crippen molar-refractivity contribution in [1.82, 2.24) is 10.6 Å². The lowest BCUT2D eigenvalue weighted by molar-refractivity contribution is -0.296. The molecule has 5 rings (SSSR count). The van der Waals surface area contributed by atoms with Crippen molar-refractivity contribution in [3.8, 4) is 0 Å². The van der Waals surface area contributed by atoms with Gasteiger partial charge in [0.1, 0.15) is 18.3 Å². The summed E-state index contributed by atoms with van der Waals surface area (Å²) in [6.45, 7) is 7.98. The molecule has 40 heavy (non-hydrogen) atoms. The number of nitrogens with one attached hydrogen (secondary N) is 2. The standard InChI is InChI=1S/C29H44N2O9/c1-27(2,13-39-26-22(35)20(33)21(34)23(40-26)25(37)38)31-24(36)17-7-6-15-14-5-8-18-29(4,12-10-19(32)30-18)16(14)9-11-28(15,17)3/h10,12,14-18,20-23,26,33-35H,5-9,11,13H2,1-4H3,(H,30,32)(H,31,36)(H,37,38). The van der Waals surface area contributed by atoms with E-state index in [1.54, 1.807) is 19.9 Å². The van der Waals surface area contributed by atoms with Crippen LogP contribution in [0.3, 0.4) is 0 Å². The number of carboxylic acid groups (broad SMARTS) is 1. The Hall–Kier alpha value is -2.05. The fourth-order valence-electron chi connectivity index (χ4n) is 8.70. The predicted molar refractivity (Wildman–Crippen MR) is 141 cm³/mol. The molecular formula is C29H44N2O9. The van der Waals surface area contributed by atoms with Crippen LogP contribution in [0.4, 0.5) is 0 Å². The summed E-state index contributed by atoms with van der Waals surface area (Å²) in [5.41, 5.74) is -1.07. The molecule has 3 aliphatic carbocycles. The highest BCUT2D eigenvalue weighted by Gasteiger charge is 2.61. The predicted octanol–water partition coefficient (Wildman–Crippen LogP) is 0.703. The van der Waals surface area contributed by atoms with Crippen molar-refractivity contribution in [3.05, 3.63) is 12.2 Å². The number of amides is 2. The Morgan fingerprint density at radius 3 is 2.50 bits per heavy atom. The monoisotopic (exact) mass is 564 g/mol. The van der Waals surface area contributed by atoms with E-state index in [1.165, 1.54) is 0 Å². The molecule has 0 spiro atoms. The molecule has 1 saturated heterocycles. The van der Waals surface area contributed by atoms with Crippen molar-refractivity contribution in [2.24, 2.45) is 34.5 Å². The molecule has 5 aliphatic rings. The van der Waals surface area contributed by atoms with Crippen LogP contribution in [0.5, 0.6) is 0 Å². The van der Waals surface area contributed by atoms with Crippen molar-refractivity contribution in [2.45, 2.75) is 109 Å². The van der Waals surface area contributed by atoms with Gasteiger partial charge in [0.2, 0.25) is 11.8 Å². The van der Waals surface area contributed by atoms with Crippen molar-refractivity contribution in [2.75, 3.05) is 6.61 Å². The third-order valence-corrected chi connectivity index (χ3v) is 10.9. The number of carboxylic acids is 1.